The summed E-state index contributed by atoms with van der Waals surface area (Å²) in [5.41, 5.74) is 3.14. The summed E-state index contributed by atoms with van der Waals surface area (Å²) < 4.78 is 16.8. The molecule has 202 valence electrons. The van der Waals surface area contributed by atoms with Crippen LogP contribution >= 0.6 is 11.3 Å². The highest BCUT2D eigenvalue weighted by Gasteiger charge is 2.43. The number of rotatable bonds is 6. The third-order valence-corrected chi connectivity index (χ3v) is 8.57. The van der Waals surface area contributed by atoms with Crippen LogP contribution in [0, 0.1) is 0 Å². The summed E-state index contributed by atoms with van der Waals surface area (Å²) in [7, 11) is 1.59. The first-order valence-electron chi connectivity index (χ1n) is 13.0. The summed E-state index contributed by atoms with van der Waals surface area (Å²) in [4.78, 5) is 42.4. The highest BCUT2D eigenvalue weighted by Crippen LogP contribution is 2.46. The number of methoxy groups -OCH3 is 1. The Hall–Kier alpha value is -4.43. The molecular weight excluding hydrogens is 526 g/mol. The molecule has 2 atom stereocenters. The monoisotopic (exact) mass is 553 g/mol. The average Bonchev–Trinajstić information content (AvgIpc) is 3.51. The summed E-state index contributed by atoms with van der Waals surface area (Å²) in [5.74, 6) is -0.874. The van der Waals surface area contributed by atoms with Crippen LogP contribution in [0.2, 0.25) is 0 Å². The minimum Gasteiger partial charge on any atom is -0.497 e. The third-order valence-electron chi connectivity index (χ3n) is 7.54. The lowest BCUT2D eigenvalue weighted by Gasteiger charge is -2.36. The van der Waals surface area contributed by atoms with Gasteiger partial charge in [0, 0.05) is 39.7 Å². The molecule has 4 aromatic rings. The van der Waals surface area contributed by atoms with Crippen LogP contribution in [0.25, 0.3) is 11.0 Å². The van der Waals surface area contributed by atoms with Crippen molar-refractivity contribution >= 4 is 34.1 Å². The highest BCUT2D eigenvalue weighted by molar-refractivity contribution is 7.10. The molecule has 0 saturated carbocycles. The molecular formula is C32H27NO6S. The molecule has 0 fully saturated rings. The summed E-state index contributed by atoms with van der Waals surface area (Å²) in [6.07, 6.45) is 2.28. The van der Waals surface area contributed by atoms with E-state index in [4.69, 9.17) is 13.9 Å². The number of thiophene rings is 1. The Morgan fingerprint density at radius 1 is 1.05 bits per heavy atom. The van der Waals surface area contributed by atoms with E-state index in [-0.39, 0.29) is 34.9 Å². The van der Waals surface area contributed by atoms with Gasteiger partial charge >= 0.3 is 5.97 Å². The maximum Gasteiger partial charge on any atom is 0.337 e. The first-order valence-corrected chi connectivity index (χ1v) is 13.9. The molecule has 7 nitrogen and oxygen atoms in total. The van der Waals surface area contributed by atoms with Crippen molar-refractivity contribution in [2.24, 2.45) is 0 Å². The molecule has 6 rings (SSSR count). The van der Waals surface area contributed by atoms with Gasteiger partial charge in [0.2, 0.25) is 0 Å². The Labute approximate surface area is 234 Å². The highest BCUT2D eigenvalue weighted by atomic mass is 32.1. The van der Waals surface area contributed by atoms with Gasteiger partial charge in [0.05, 0.1) is 30.3 Å². The van der Waals surface area contributed by atoms with Crippen molar-refractivity contribution < 1.29 is 23.5 Å². The molecule has 2 aromatic heterocycles. The van der Waals surface area contributed by atoms with Gasteiger partial charge in [-0.2, -0.15) is 0 Å². The van der Waals surface area contributed by atoms with E-state index < -0.39 is 11.9 Å². The zero-order chi connectivity index (χ0) is 27.8. The smallest absolute Gasteiger partial charge is 0.337 e. The van der Waals surface area contributed by atoms with Gasteiger partial charge in [0.1, 0.15) is 17.9 Å². The number of hydrogen-bond donors (Lipinski definition) is 1. The number of fused-ring (bicyclic) bond motifs is 1. The number of carbonyl (C=O) groups excluding carboxylic acids is 2. The molecule has 0 saturated heterocycles. The topological polar surface area (TPSA) is 94.8 Å². The van der Waals surface area contributed by atoms with Gasteiger partial charge in [-0.1, -0.05) is 30.3 Å². The number of para-hydroxylation sites is 1. The lowest BCUT2D eigenvalue weighted by molar-refractivity contribution is -0.140. The number of hydrogen-bond acceptors (Lipinski definition) is 8. The van der Waals surface area contributed by atoms with Crippen molar-refractivity contribution in [3.8, 4) is 5.75 Å². The van der Waals surface area contributed by atoms with Crippen molar-refractivity contribution in [1.29, 1.82) is 0 Å². The zero-order valence-electron chi connectivity index (χ0n) is 22.1. The number of carbonyl (C=O) groups is 2. The second-order valence-electron chi connectivity index (χ2n) is 9.97. The standard InChI is InChI=1S/C32H27NO6S/c1-18-28(32(36)39-16-19-9-11-21(37-2)12-10-19)29(23-17-38-26-7-4-3-6-22(26)31(23)35)30-24(33-18)14-20(15-25(30)34)27-8-5-13-40-27/h3-13,17,20,29,33H,14-16H2,1-2H3/t20-,29+/m0/s1. The predicted molar refractivity (Wildman–Crippen MR) is 152 cm³/mol. The molecule has 8 heteroatoms. The van der Waals surface area contributed by atoms with Gasteiger partial charge in [-0.05, 0) is 54.6 Å². The van der Waals surface area contributed by atoms with E-state index in [9.17, 15) is 14.4 Å². The lowest BCUT2D eigenvalue weighted by Crippen LogP contribution is -2.37. The molecule has 1 N–H and O–H groups in total. The summed E-state index contributed by atoms with van der Waals surface area (Å²) >= 11 is 1.62. The molecule has 0 amide bonds. The molecule has 0 spiro atoms. The van der Waals surface area contributed by atoms with Crippen LogP contribution in [0.3, 0.4) is 0 Å². The Morgan fingerprint density at radius 3 is 2.60 bits per heavy atom. The molecule has 0 unspecified atom stereocenters. The Kier molecular flexibility index (Phi) is 6.86. The SMILES string of the molecule is COc1ccc(COC(=O)C2=C(C)NC3=C(C(=O)C[C@@H](c4cccs4)C3)[C@@H]2c2coc3ccccc3c2=O)cc1. The molecule has 2 aromatic carbocycles. The number of ether oxygens (including phenoxy) is 2. The number of nitrogens with one attached hydrogen (secondary N) is 1. The summed E-state index contributed by atoms with van der Waals surface area (Å²) in [6.45, 7) is 1.81. The fourth-order valence-corrected chi connectivity index (χ4v) is 6.42. The van der Waals surface area contributed by atoms with Gasteiger partial charge < -0.3 is 19.2 Å². The van der Waals surface area contributed by atoms with Crippen molar-refractivity contribution in [2.75, 3.05) is 7.11 Å². The van der Waals surface area contributed by atoms with E-state index in [1.807, 2.05) is 29.6 Å². The summed E-state index contributed by atoms with van der Waals surface area (Å²) in [6, 6.07) is 18.2. The molecule has 2 aliphatic rings. The van der Waals surface area contributed by atoms with Gasteiger partial charge in [0.15, 0.2) is 11.2 Å². The third kappa shape index (κ3) is 4.64. The average molecular weight is 554 g/mol. The molecule has 0 radical (unpaired) electrons. The van der Waals surface area contributed by atoms with Crippen LogP contribution in [0.4, 0.5) is 0 Å². The molecule has 1 aliphatic heterocycles. The van der Waals surface area contributed by atoms with Gasteiger partial charge in [0.25, 0.3) is 0 Å². The Morgan fingerprint density at radius 2 is 1.85 bits per heavy atom. The lowest BCUT2D eigenvalue weighted by atomic mass is 9.73. The van der Waals surface area contributed by atoms with Crippen LogP contribution in [0.5, 0.6) is 5.75 Å². The minimum atomic E-state index is -0.905. The normalized spacial score (nSPS) is 18.9. The van der Waals surface area contributed by atoms with Gasteiger partial charge in [-0.25, -0.2) is 4.79 Å². The van der Waals surface area contributed by atoms with E-state index in [1.54, 1.807) is 61.8 Å². The maximum absolute atomic E-state index is 13.8. The number of benzene rings is 2. The zero-order valence-corrected chi connectivity index (χ0v) is 22.9. The number of esters is 1. The second-order valence-corrected chi connectivity index (χ2v) is 11.0. The largest absolute Gasteiger partial charge is 0.497 e. The van der Waals surface area contributed by atoms with E-state index in [0.29, 0.717) is 40.8 Å². The van der Waals surface area contributed by atoms with E-state index >= 15 is 0 Å². The van der Waals surface area contributed by atoms with E-state index in [0.717, 1.165) is 16.1 Å². The van der Waals surface area contributed by atoms with Gasteiger partial charge in [-0.15, -0.1) is 11.3 Å². The minimum absolute atomic E-state index is 0.0267. The fraction of sp³-hybridized carbons (Fsp3) is 0.219. The van der Waals surface area contributed by atoms with Crippen molar-refractivity contribution in [3.05, 3.63) is 121 Å². The number of Topliss-reactive ketones (excluding diaryl/α,β-unsaturated/α-hetero) is 1. The molecule has 1 aliphatic carbocycles. The maximum atomic E-state index is 13.8. The fourth-order valence-electron chi connectivity index (χ4n) is 5.59. The van der Waals surface area contributed by atoms with Crippen LogP contribution in [0.15, 0.2) is 104 Å². The number of dihydropyridines is 1. The van der Waals surface area contributed by atoms with Crippen LogP contribution in [-0.2, 0) is 20.9 Å². The van der Waals surface area contributed by atoms with Crippen molar-refractivity contribution in [3.63, 3.8) is 0 Å². The summed E-state index contributed by atoms with van der Waals surface area (Å²) in [5, 5.41) is 5.73. The molecule has 0 bridgehead atoms. The molecule has 40 heavy (non-hydrogen) atoms. The Bertz CT molecular complexity index is 1730. The van der Waals surface area contributed by atoms with Gasteiger partial charge in [-0.3, -0.25) is 9.59 Å². The Balaban J connectivity index is 1.41. The number of ketones is 1. The first kappa shape index (κ1) is 25.8. The van der Waals surface area contributed by atoms with E-state index in [2.05, 4.69) is 5.32 Å². The van der Waals surface area contributed by atoms with E-state index in [1.165, 1.54) is 6.26 Å². The van der Waals surface area contributed by atoms with Crippen molar-refractivity contribution in [1.82, 2.24) is 5.32 Å². The quantitative estimate of drug-likeness (QED) is 0.294. The van der Waals surface area contributed by atoms with Crippen LogP contribution in [0.1, 0.15) is 47.6 Å². The van der Waals surface area contributed by atoms with Crippen LogP contribution in [-0.4, -0.2) is 18.9 Å². The van der Waals surface area contributed by atoms with Crippen LogP contribution < -0.4 is 15.5 Å². The predicted octanol–water partition coefficient (Wildman–Crippen LogP) is 5.97. The van der Waals surface area contributed by atoms with Crippen molar-refractivity contribution in [2.45, 2.75) is 38.2 Å². The first-order chi connectivity index (χ1) is 19.4. The molecule has 3 heterocycles. The number of allylic oxidation sites excluding steroid dienone is 3. The second kappa shape index (κ2) is 10.6.